The van der Waals surface area contributed by atoms with Crippen LogP contribution in [0.4, 0.5) is 0 Å². The first-order valence-corrected chi connectivity index (χ1v) is 4.51. The van der Waals surface area contributed by atoms with E-state index in [1.807, 2.05) is 0 Å². The van der Waals surface area contributed by atoms with Crippen LogP contribution in [0.15, 0.2) is 0 Å². The lowest BCUT2D eigenvalue weighted by molar-refractivity contribution is 0.0419. The fourth-order valence-corrected chi connectivity index (χ4v) is 1.64. The van der Waals surface area contributed by atoms with Gasteiger partial charge in [0.05, 0.1) is 0 Å². The minimum absolute atomic E-state index is 0.316. The van der Waals surface area contributed by atoms with Gasteiger partial charge in [-0.05, 0) is 31.1 Å². The van der Waals surface area contributed by atoms with Crippen molar-refractivity contribution < 1.29 is 9.84 Å². The molecule has 66 valence electrons. The summed E-state index contributed by atoms with van der Waals surface area (Å²) in [4.78, 5) is 0. The van der Waals surface area contributed by atoms with E-state index >= 15 is 0 Å². The molecule has 1 fully saturated rings. The number of hydrogen-bond acceptors (Lipinski definition) is 2. The first-order valence-electron chi connectivity index (χ1n) is 4.51. The van der Waals surface area contributed by atoms with Crippen LogP contribution < -0.4 is 0 Å². The SMILES string of the molecule is C[C@H](CO)CC1CCCOC1. The van der Waals surface area contributed by atoms with Crippen molar-refractivity contribution in [2.75, 3.05) is 19.8 Å². The smallest absolute Gasteiger partial charge is 0.0494 e. The molecular formula is C9H18O2. The van der Waals surface area contributed by atoms with Crippen LogP contribution in [0.3, 0.4) is 0 Å². The summed E-state index contributed by atoms with van der Waals surface area (Å²) in [5.74, 6) is 1.15. The first kappa shape index (κ1) is 9.01. The van der Waals surface area contributed by atoms with E-state index in [1.54, 1.807) is 0 Å². The lowest BCUT2D eigenvalue weighted by Crippen LogP contribution is -2.20. The molecule has 0 bridgehead atoms. The monoisotopic (exact) mass is 158 g/mol. The Kier molecular flexibility index (Phi) is 3.87. The largest absolute Gasteiger partial charge is 0.396 e. The summed E-state index contributed by atoms with van der Waals surface area (Å²) in [6.07, 6.45) is 3.60. The fraction of sp³-hybridized carbons (Fsp3) is 1.00. The molecule has 1 heterocycles. The Morgan fingerprint density at radius 3 is 3.00 bits per heavy atom. The van der Waals surface area contributed by atoms with Gasteiger partial charge in [-0.1, -0.05) is 6.92 Å². The molecule has 0 saturated carbocycles. The Labute approximate surface area is 68.6 Å². The van der Waals surface area contributed by atoms with Gasteiger partial charge in [0.15, 0.2) is 0 Å². The van der Waals surface area contributed by atoms with Crippen molar-refractivity contribution in [1.82, 2.24) is 0 Å². The van der Waals surface area contributed by atoms with E-state index in [2.05, 4.69) is 6.92 Å². The summed E-state index contributed by atoms with van der Waals surface area (Å²) in [7, 11) is 0. The Morgan fingerprint density at radius 2 is 2.45 bits per heavy atom. The number of aliphatic hydroxyl groups excluding tert-OH is 1. The maximum atomic E-state index is 8.82. The molecule has 1 saturated heterocycles. The molecule has 1 aliphatic rings. The van der Waals surface area contributed by atoms with Crippen molar-refractivity contribution in [3.63, 3.8) is 0 Å². The second-order valence-electron chi connectivity index (χ2n) is 3.61. The Morgan fingerprint density at radius 1 is 1.64 bits per heavy atom. The van der Waals surface area contributed by atoms with Crippen molar-refractivity contribution in [2.24, 2.45) is 11.8 Å². The Bertz CT molecular complexity index is 97.7. The van der Waals surface area contributed by atoms with Crippen molar-refractivity contribution in [3.8, 4) is 0 Å². The molecule has 1 unspecified atom stereocenters. The first-order chi connectivity index (χ1) is 5.33. The summed E-state index contributed by atoms with van der Waals surface area (Å²) in [5, 5.41) is 8.82. The summed E-state index contributed by atoms with van der Waals surface area (Å²) in [6, 6.07) is 0. The molecule has 1 aliphatic heterocycles. The molecule has 2 atom stereocenters. The third-order valence-corrected chi connectivity index (χ3v) is 2.30. The minimum atomic E-state index is 0.316. The zero-order chi connectivity index (χ0) is 8.10. The number of hydrogen-bond donors (Lipinski definition) is 1. The van der Waals surface area contributed by atoms with Gasteiger partial charge in [-0.3, -0.25) is 0 Å². The van der Waals surface area contributed by atoms with Crippen LogP contribution in [0.5, 0.6) is 0 Å². The number of ether oxygens (including phenoxy) is 1. The molecule has 0 aromatic rings. The highest BCUT2D eigenvalue weighted by Gasteiger charge is 2.15. The molecule has 1 N–H and O–H groups in total. The predicted octanol–water partition coefficient (Wildman–Crippen LogP) is 1.43. The average Bonchev–Trinajstić information content (AvgIpc) is 2.06. The van der Waals surface area contributed by atoms with Crippen LogP contribution in [0, 0.1) is 11.8 Å². The highest BCUT2D eigenvalue weighted by Crippen LogP contribution is 2.20. The van der Waals surface area contributed by atoms with Crippen LogP contribution in [-0.2, 0) is 4.74 Å². The molecular weight excluding hydrogens is 140 g/mol. The minimum Gasteiger partial charge on any atom is -0.396 e. The lowest BCUT2D eigenvalue weighted by Gasteiger charge is -2.23. The third-order valence-electron chi connectivity index (χ3n) is 2.30. The van der Waals surface area contributed by atoms with Gasteiger partial charge in [0.1, 0.15) is 0 Å². The average molecular weight is 158 g/mol. The van der Waals surface area contributed by atoms with E-state index in [1.165, 1.54) is 12.8 Å². The second-order valence-corrected chi connectivity index (χ2v) is 3.61. The molecule has 2 heteroatoms. The second kappa shape index (κ2) is 4.73. The Balaban J connectivity index is 2.13. The van der Waals surface area contributed by atoms with Crippen molar-refractivity contribution in [3.05, 3.63) is 0 Å². The molecule has 0 aliphatic carbocycles. The molecule has 0 amide bonds. The highest BCUT2D eigenvalue weighted by molar-refractivity contribution is 4.65. The normalized spacial score (nSPS) is 28.4. The molecule has 0 aromatic heterocycles. The standard InChI is InChI=1S/C9H18O2/c1-8(6-10)5-9-3-2-4-11-7-9/h8-10H,2-7H2,1H3/t8-,9?/m0/s1. The van der Waals surface area contributed by atoms with Gasteiger partial charge in [0.25, 0.3) is 0 Å². The van der Waals surface area contributed by atoms with Gasteiger partial charge < -0.3 is 9.84 Å². The van der Waals surface area contributed by atoms with Crippen molar-refractivity contribution in [1.29, 1.82) is 0 Å². The van der Waals surface area contributed by atoms with E-state index in [4.69, 9.17) is 9.84 Å². The van der Waals surface area contributed by atoms with Crippen LogP contribution >= 0.6 is 0 Å². The van der Waals surface area contributed by atoms with Gasteiger partial charge in [-0.15, -0.1) is 0 Å². The zero-order valence-corrected chi connectivity index (χ0v) is 7.25. The van der Waals surface area contributed by atoms with Gasteiger partial charge in [0, 0.05) is 19.8 Å². The van der Waals surface area contributed by atoms with E-state index in [0.717, 1.165) is 19.6 Å². The van der Waals surface area contributed by atoms with E-state index in [0.29, 0.717) is 18.4 Å². The fourth-order valence-electron chi connectivity index (χ4n) is 1.64. The van der Waals surface area contributed by atoms with Crippen molar-refractivity contribution >= 4 is 0 Å². The van der Waals surface area contributed by atoms with Gasteiger partial charge >= 0.3 is 0 Å². The summed E-state index contributed by atoms with van der Waals surface area (Å²) in [5.41, 5.74) is 0. The van der Waals surface area contributed by atoms with Crippen molar-refractivity contribution in [2.45, 2.75) is 26.2 Å². The predicted molar refractivity (Wildman–Crippen MR) is 44.4 cm³/mol. The zero-order valence-electron chi connectivity index (χ0n) is 7.25. The van der Waals surface area contributed by atoms with Crippen LogP contribution in [0.25, 0.3) is 0 Å². The maximum Gasteiger partial charge on any atom is 0.0494 e. The van der Waals surface area contributed by atoms with Crippen LogP contribution in [-0.4, -0.2) is 24.9 Å². The summed E-state index contributed by atoms with van der Waals surface area (Å²) in [6.45, 7) is 4.25. The maximum absolute atomic E-state index is 8.82. The summed E-state index contributed by atoms with van der Waals surface area (Å²) < 4.78 is 5.35. The molecule has 0 spiro atoms. The molecule has 1 rings (SSSR count). The van der Waals surface area contributed by atoms with Gasteiger partial charge in [0.2, 0.25) is 0 Å². The quantitative estimate of drug-likeness (QED) is 0.673. The van der Waals surface area contributed by atoms with Crippen LogP contribution in [0.2, 0.25) is 0 Å². The molecule has 11 heavy (non-hydrogen) atoms. The third kappa shape index (κ3) is 3.21. The highest BCUT2D eigenvalue weighted by atomic mass is 16.5. The molecule has 0 aromatic carbocycles. The molecule has 0 radical (unpaired) electrons. The van der Waals surface area contributed by atoms with E-state index < -0.39 is 0 Å². The number of aliphatic hydroxyl groups is 1. The molecule has 2 nitrogen and oxygen atoms in total. The van der Waals surface area contributed by atoms with E-state index in [-0.39, 0.29) is 0 Å². The van der Waals surface area contributed by atoms with Crippen LogP contribution in [0.1, 0.15) is 26.2 Å². The summed E-state index contributed by atoms with van der Waals surface area (Å²) >= 11 is 0. The Hall–Kier alpha value is -0.0800. The number of rotatable bonds is 3. The van der Waals surface area contributed by atoms with Gasteiger partial charge in [-0.2, -0.15) is 0 Å². The topological polar surface area (TPSA) is 29.5 Å². The lowest BCUT2D eigenvalue weighted by atomic mass is 9.92. The van der Waals surface area contributed by atoms with Gasteiger partial charge in [-0.25, -0.2) is 0 Å². The van der Waals surface area contributed by atoms with E-state index in [9.17, 15) is 0 Å².